The largest absolute Gasteiger partial charge is 0.468 e. The fourth-order valence-electron chi connectivity index (χ4n) is 3.16. The molecule has 3 rings (SSSR count). The van der Waals surface area contributed by atoms with Crippen LogP contribution in [0.2, 0.25) is 0 Å². The second kappa shape index (κ2) is 6.58. The number of piperazine rings is 1. The first kappa shape index (κ1) is 15.8. The molecule has 124 valence electrons. The van der Waals surface area contributed by atoms with E-state index in [-0.39, 0.29) is 11.9 Å². The molecule has 1 fully saturated rings. The minimum atomic E-state index is -0.250. The summed E-state index contributed by atoms with van der Waals surface area (Å²) in [6.07, 6.45) is 1.70. The van der Waals surface area contributed by atoms with E-state index in [1.54, 1.807) is 6.26 Å². The number of carbonyl (C=O) groups is 1. The van der Waals surface area contributed by atoms with E-state index in [4.69, 9.17) is 4.42 Å². The Balaban J connectivity index is 1.56. The number of amides is 1. The van der Waals surface area contributed by atoms with Crippen LogP contribution in [0.25, 0.3) is 0 Å². The Morgan fingerprint density at radius 2 is 2.04 bits per heavy atom. The van der Waals surface area contributed by atoms with Gasteiger partial charge >= 0.3 is 0 Å². The van der Waals surface area contributed by atoms with E-state index in [1.807, 2.05) is 48.6 Å². The van der Waals surface area contributed by atoms with Crippen LogP contribution in [0.3, 0.4) is 0 Å². The van der Waals surface area contributed by atoms with Crippen LogP contribution >= 0.6 is 0 Å². The first-order valence-electron chi connectivity index (χ1n) is 8.11. The molecule has 6 nitrogen and oxygen atoms in total. The second-order valence-corrected chi connectivity index (χ2v) is 6.23. The van der Waals surface area contributed by atoms with Gasteiger partial charge in [-0.15, -0.1) is 0 Å². The van der Waals surface area contributed by atoms with Crippen LogP contribution < -0.4 is 0 Å². The van der Waals surface area contributed by atoms with Crippen molar-refractivity contribution in [2.45, 2.75) is 33.4 Å². The fourth-order valence-corrected chi connectivity index (χ4v) is 3.16. The first-order valence-corrected chi connectivity index (χ1v) is 8.11. The van der Waals surface area contributed by atoms with E-state index in [0.29, 0.717) is 0 Å². The molecule has 0 radical (unpaired) electrons. The van der Waals surface area contributed by atoms with Gasteiger partial charge in [0, 0.05) is 31.9 Å². The summed E-state index contributed by atoms with van der Waals surface area (Å²) in [5, 5.41) is 4.44. The summed E-state index contributed by atoms with van der Waals surface area (Å²) in [4.78, 5) is 17.0. The van der Waals surface area contributed by atoms with Gasteiger partial charge in [-0.1, -0.05) is 0 Å². The predicted molar refractivity (Wildman–Crippen MR) is 87.0 cm³/mol. The maximum Gasteiger partial charge on any atom is 0.247 e. The molecule has 1 amide bonds. The van der Waals surface area contributed by atoms with Crippen LogP contribution in [0.15, 0.2) is 28.9 Å². The Morgan fingerprint density at radius 3 is 2.61 bits per heavy atom. The number of aromatic nitrogens is 2. The zero-order valence-corrected chi connectivity index (χ0v) is 14.0. The van der Waals surface area contributed by atoms with Gasteiger partial charge in [0.1, 0.15) is 11.8 Å². The molecule has 1 aliphatic rings. The molecule has 0 spiro atoms. The Bertz CT molecular complexity index is 654. The van der Waals surface area contributed by atoms with Crippen LogP contribution in [0.1, 0.15) is 30.1 Å². The van der Waals surface area contributed by atoms with E-state index in [2.05, 4.69) is 10.00 Å². The number of rotatable bonds is 4. The van der Waals surface area contributed by atoms with Crippen molar-refractivity contribution in [1.82, 2.24) is 19.6 Å². The van der Waals surface area contributed by atoms with E-state index in [1.165, 1.54) is 0 Å². The number of hydrogen-bond acceptors (Lipinski definition) is 4. The number of furan rings is 1. The third-order valence-corrected chi connectivity index (χ3v) is 4.41. The van der Waals surface area contributed by atoms with Crippen molar-refractivity contribution in [3.05, 3.63) is 41.6 Å². The first-order chi connectivity index (χ1) is 11.0. The smallest absolute Gasteiger partial charge is 0.247 e. The summed E-state index contributed by atoms with van der Waals surface area (Å²) in [6, 6.07) is 5.65. The molecule has 23 heavy (non-hydrogen) atoms. The molecular formula is C17H24N4O2. The minimum absolute atomic E-state index is 0.147. The van der Waals surface area contributed by atoms with E-state index in [0.717, 1.165) is 49.9 Å². The van der Waals surface area contributed by atoms with E-state index < -0.39 is 0 Å². The maximum atomic E-state index is 12.7. The lowest BCUT2D eigenvalue weighted by atomic mass is 10.2. The van der Waals surface area contributed by atoms with Crippen LogP contribution in [0, 0.1) is 13.8 Å². The van der Waals surface area contributed by atoms with Gasteiger partial charge < -0.3 is 9.32 Å². The molecule has 2 aromatic rings. The molecule has 2 aromatic heterocycles. The van der Waals surface area contributed by atoms with Crippen molar-refractivity contribution in [2.75, 3.05) is 26.2 Å². The van der Waals surface area contributed by atoms with Crippen LogP contribution in [-0.2, 0) is 11.3 Å². The van der Waals surface area contributed by atoms with Crippen molar-refractivity contribution >= 4 is 5.91 Å². The molecule has 0 aromatic carbocycles. The van der Waals surface area contributed by atoms with Gasteiger partial charge in [0.25, 0.3) is 0 Å². The van der Waals surface area contributed by atoms with Gasteiger partial charge in [-0.3, -0.25) is 14.4 Å². The third-order valence-electron chi connectivity index (χ3n) is 4.41. The predicted octanol–water partition coefficient (Wildman–Crippen LogP) is 2.00. The van der Waals surface area contributed by atoms with Gasteiger partial charge in [-0.05, 0) is 39.0 Å². The average molecular weight is 316 g/mol. The fraction of sp³-hybridized carbons (Fsp3) is 0.529. The van der Waals surface area contributed by atoms with E-state index >= 15 is 0 Å². The molecular weight excluding hydrogens is 292 g/mol. The quantitative estimate of drug-likeness (QED) is 0.866. The SMILES string of the molecule is Cc1cc(C)n(C(C)C(=O)N2CCN(Cc3ccco3)CC2)n1. The summed E-state index contributed by atoms with van der Waals surface area (Å²) in [7, 11) is 0. The highest BCUT2D eigenvalue weighted by atomic mass is 16.3. The van der Waals surface area contributed by atoms with Gasteiger partial charge in [0.2, 0.25) is 5.91 Å². The number of aryl methyl sites for hydroxylation is 2. The highest BCUT2D eigenvalue weighted by Crippen LogP contribution is 2.16. The molecule has 0 saturated carbocycles. The van der Waals surface area contributed by atoms with Crippen LogP contribution in [0.5, 0.6) is 0 Å². The molecule has 3 heterocycles. The minimum Gasteiger partial charge on any atom is -0.468 e. The molecule has 1 aliphatic heterocycles. The van der Waals surface area contributed by atoms with Crippen molar-refractivity contribution in [3.63, 3.8) is 0 Å². The Kier molecular flexibility index (Phi) is 4.52. The number of carbonyl (C=O) groups excluding carboxylic acids is 1. The average Bonchev–Trinajstić information content (AvgIpc) is 3.16. The Hall–Kier alpha value is -2.08. The van der Waals surface area contributed by atoms with Crippen molar-refractivity contribution in [2.24, 2.45) is 0 Å². The van der Waals surface area contributed by atoms with Crippen LogP contribution in [-0.4, -0.2) is 51.7 Å². The van der Waals surface area contributed by atoms with E-state index in [9.17, 15) is 4.79 Å². The third kappa shape index (κ3) is 3.47. The van der Waals surface area contributed by atoms with Gasteiger partial charge in [0.15, 0.2) is 0 Å². The topological polar surface area (TPSA) is 54.5 Å². The number of nitrogens with zero attached hydrogens (tertiary/aromatic N) is 4. The second-order valence-electron chi connectivity index (χ2n) is 6.23. The lowest BCUT2D eigenvalue weighted by Crippen LogP contribution is -2.50. The maximum absolute atomic E-state index is 12.7. The molecule has 1 saturated heterocycles. The summed E-state index contributed by atoms with van der Waals surface area (Å²) in [6.45, 7) is 9.93. The zero-order chi connectivity index (χ0) is 16.4. The molecule has 1 unspecified atom stereocenters. The number of hydrogen-bond donors (Lipinski definition) is 0. The standard InChI is InChI=1S/C17H24N4O2/c1-13-11-14(2)21(18-13)15(3)17(22)20-8-6-19(7-9-20)12-16-5-4-10-23-16/h4-5,10-11,15H,6-9,12H2,1-3H3. The van der Waals surface area contributed by atoms with Gasteiger partial charge in [-0.25, -0.2) is 0 Å². The highest BCUT2D eigenvalue weighted by Gasteiger charge is 2.27. The Morgan fingerprint density at radius 1 is 1.30 bits per heavy atom. The molecule has 1 atom stereocenters. The summed E-state index contributed by atoms with van der Waals surface area (Å²) in [5.74, 6) is 1.12. The van der Waals surface area contributed by atoms with Crippen LogP contribution in [0.4, 0.5) is 0 Å². The molecule has 0 N–H and O–H groups in total. The summed E-state index contributed by atoms with van der Waals surface area (Å²) < 4.78 is 7.21. The Labute approximate surface area is 136 Å². The van der Waals surface area contributed by atoms with Gasteiger partial charge in [0.05, 0.1) is 18.5 Å². The molecule has 0 bridgehead atoms. The zero-order valence-electron chi connectivity index (χ0n) is 14.0. The van der Waals surface area contributed by atoms with Crippen molar-refractivity contribution < 1.29 is 9.21 Å². The normalized spacial score (nSPS) is 17.4. The van der Waals surface area contributed by atoms with Crippen molar-refractivity contribution in [3.8, 4) is 0 Å². The molecule has 6 heteroatoms. The highest BCUT2D eigenvalue weighted by molar-refractivity contribution is 5.80. The lowest BCUT2D eigenvalue weighted by Gasteiger charge is -2.35. The molecule has 0 aliphatic carbocycles. The summed E-state index contributed by atoms with van der Waals surface area (Å²) >= 11 is 0. The van der Waals surface area contributed by atoms with Crippen molar-refractivity contribution in [1.29, 1.82) is 0 Å². The van der Waals surface area contributed by atoms with Gasteiger partial charge in [-0.2, -0.15) is 5.10 Å². The lowest BCUT2D eigenvalue weighted by molar-refractivity contribution is -0.136. The summed E-state index contributed by atoms with van der Waals surface area (Å²) in [5.41, 5.74) is 1.98. The monoisotopic (exact) mass is 316 g/mol.